The molecule has 1 aromatic heterocycles. The van der Waals surface area contributed by atoms with E-state index >= 15 is 0 Å². The average molecular weight is 477 g/mol. The molecule has 0 fully saturated rings. The summed E-state index contributed by atoms with van der Waals surface area (Å²) in [5, 5.41) is 0. The molecule has 1 aliphatic carbocycles. The summed E-state index contributed by atoms with van der Waals surface area (Å²) < 4.78 is 0. The van der Waals surface area contributed by atoms with E-state index in [9.17, 15) is 0 Å². The van der Waals surface area contributed by atoms with Gasteiger partial charge in [-0.2, -0.15) is 0 Å². The van der Waals surface area contributed by atoms with E-state index < -0.39 is 0 Å². The quantitative estimate of drug-likeness (QED) is 0.246. The largest absolute Gasteiger partial charge is 0.309 e. The Morgan fingerprint density at radius 1 is 0.944 bits per heavy atom. The molecular weight excluding hydrogens is 436 g/mol. The van der Waals surface area contributed by atoms with Gasteiger partial charge in [-0.1, -0.05) is 85.8 Å². The number of nitrogens with zero attached hydrogens (tertiary/aromatic N) is 2. The maximum Gasteiger partial charge on any atom is 0.0453 e. The molecule has 0 saturated carbocycles. The summed E-state index contributed by atoms with van der Waals surface area (Å²) >= 11 is 0. The number of unbranched alkanes of at least 4 members (excludes halogenated alkanes) is 1. The van der Waals surface area contributed by atoms with Crippen molar-refractivity contribution in [2.45, 2.75) is 51.4 Å². The molecule has 1 aliphatic rings. The first kappa shape index (κ1) is 25.9. The standard InChI is InChI=1S/C34H40N2/c1-26(30-14-6-5-7-15-30)21-27(2)31-16-17-32(24-31)33-18-19-35-34(25-33)23-29-13-10-12-28(22-29)11-8-9-20-36(3)4/h5-7,10,12-19,22,25-26H,2,8-9,11,20-21,23-24H2,1,3-4H3/t26-/m0/s1. The van der Waals surface area contributed by atoms with E-state index in [0.717, 1.165) is 37.9 Å². The summed E-state index contributed by atoms with van der Waals surface area (Å²) in [7, 11) is 4.28. The lowest BCUT2D eigenvalue weighted by atomic mass is 9.90. The first-order valence-corrected chi connectivity index (χ1v) is 13.3. The van der Waals surface area contributed by atoms with Crippen LogP contribution in [0.25, 0.3) is 5.57 Å². The lowest BCUT2D eigenvalue weighted by Gasteiger charge is -2.15. The van der Waals surface area contributed by atoms with Gasteiger partial charge >= 0.3 is 0 Å². The maximum absolute atomic E-state index is 4.69. The van der Waals surface area contributed by atoms with Gasteiger partial charge in [-0.25, -0.2) is 0 Å². The molecule has 1 heterocycles. The maximum atomic E-state index is 4.69. The van der Waals surface area contributed by atoms with Crippen LogP contribution in [0.4, 0.5) is 0 Å². The van der Waals surface area contributed by atoms with Crippen LogP contribution in [-0.4, -0.2) is 30.5 Å². The van der Waals surface area contributed by atoms with Gasteiger partial charge in [-0.15, -0.1) is 0 Å². The normalized spacial score (nSPS) is 14.0. The molecule has 4 rings (SSSR count). The van der Waals surface area contributed by atoms with E-state index in [2.05, 4.69) is 111 Å². The molecule has 0 spiro atoms. The SMILES string of the molecule is C=C(C[C@H](C)c1ccccc1)C1=CC=C(c2ccnc(Cc3cccc(CCCCN(C)C)c3)c2)C1. The molecule has 186 valence electrons. The molecule has 0 unspecified atom stereocenters. The van der Waals surface area contributed by atoms with Crippen LogP contribution in [0.2, 0.25) is 0 Å². The van der Waals surface area contributed by atoms with Gasteiger partial charge in [0, 0.05) is 18.3 Å². The van der Waals surface area contributed by atoms with Gasteiger partial charge in [0.25, 0.3) is 0 Å². The number of rotatable bonds is 12. The van der Waals surface area contributed by atoms with Gasteiger partial charge in [-0.05, 0) is 104 Å². The highest BCUT2D eigenvalue weighted by atomic mass is 15.0. The number of allylic oxidation sites excluding steroid dienone is 5. The van der Waals surface area contributed by atoms with Gasteiger partial charge in [-0.3, -0.25) is 4.98 Å². The minimum Gasteiger partial charge on any atom is -0.309 e. The van der Waals surface area contributed by atoms with Crippen LogP contribution < -0.4 is 0 Å². The molecule has 36 heavy (non-hydrogen) atoms. The van der Waals surface area contributed by atoms with Gasteiger partial charge in [0.15, 0.2) is 0 Å². The molecule has 3 aromatic rings. The predicted octanol–water partition coefficient (Wildman–Crippen LogP) is 8.02. The Hall–Kier alpha value is -3.23. The zero-order valence-corrected chi connectivity index (χ0v) is 22.2. The summed E-state index contributed by atoms with van der Waals surface area (Å²) in [4.78, 5) is 6.95. The molecule has 2 heteroatoms. The third-order valence-electron chi connectivity index (χ3n) is 7.13. The zero-order chi connectivity index (χ0) is 25.3. The van der Waals surface area contributed by atoms with Crippen LogP contribution in [0, 0.1) is 0 Å². The van der Waals surface area contributed by atoms with E-state index in [4.69, 9.17) is 4.98 Å². The molecule has 0 radical (unpaired) electrons. The fraction of sp³-hybridized carbons (Fsp3) is 0.324. The first-order valence-electron chi connectivity index (χ1n) is 13.3. The van der Waals surface area contributed by atoms with Crippen molar-refractivity contribution in [3.8, 4) is 0 Å². The molecule has 0 aliphatic heterocycles. The second kappa shape index (κ2) is 12.6. The summed E-state index contributed by atoms with van der Waals surface area (Å²) in [6.07, 6.45) is 12.9. The first-order chi connectivity index (χ1) is 17.5. The highest BCUT2D eigenvalue weighted by Crippen LogP contribution is 2.35. The van der Waals surface area contributed by atoms with Crippen molar-refractivity contribution >= 4 is 5.57 Å². The number of hydrogen-bond acceptors (Lipinski definition) is 2. The Balaban J connectivity index is 1.33. The number of benzene rings is 2. The van der Waals surface area contributed by atoms with E-state index in [0.29, 0.717) is 5.92 Å². The molecule has 1 atom stereocenters. The van der Waals surface area contributed by atoms with Crippen molar-refractivity contribution in [1.29, 1.82) is 0 Å². The van der Waals surface area contributed by atoms with Crippen LogP contribution in [0.15, 0.2) is 103 Å². The van der Waals surface area contributed by atoms with E-state index in [1.807, 2.05) is 6.20 Å². The summed E-state index contributed by atoms with van der Waals surface area (Å²) in [6, 6.07) is 24.2. The Kier molecular flexibility index (Phi) is 9.08. The molecular formula is C34H40N2. The van der Waals surface area contributed by atoms with Crippen molar-refractivity contribution < 1.29 is 0 Å². The van der Waals surface area contributed by atoms with E-state index in [1.54, 1.807) is 0 Å². The lowest BCUT2D eigenvalue weighted by Crippen LogP contribution is -2.12. The van der Waals surface area contributed by atoms with Crippen LogP contribution in [0.5, 0.6) is 0 Å². The Bertz CT molecular complexity index is 1220. The number of aromatic nitrogens is 1. The monoisotopic (exact) mass is 476 g/mol. The molecule has 2 nitrogen and oxygen atoms in total. The predicted molar refractivity (Wildman–Crippen MR) is 154 cm³/mol. The van der Waals surface area contributed by atoms with Crippen molar-refractivity contribution in [2.75, 3.05) is 20.6 Å². The average Bonchev–Trinajstić information content (AvgIpc) is 3.38. The van der Waals surface area contributed by atoms with Gasteiger partial charge < -0.3 is 4.90 Å². The number of aryl methyl sites for hydroxylation is 1. The highest BCUT2D eigenvalue weighted by Gasteiger charge is 2.16. The van der Waals surface area contributed by atoms with Crippen LogP contribution in [-0.2, 0) is 12.8 Å². The minimum atomic E-state index is 0.472. The summed E-state index contributed by atoms with van der Waals surface area (Å²) in [5.74, 6) is 0.472. The lowest BCUT2D eigenvalue weighted by molar-refractivity contribution is 0.394. The second-order valence-electron chi connectivity index (χ2n) is 10.5. The third-order valence-corrected chi connectivity index (χ3v) is 7.13. The van der Waals surface area contributed by atoms with Crippen molar-refractivity contribution in [1.82, 2.24) is 9.88 Å². The smallest absolute Gasteiger partial charge is 0.0453 e. The van der Waals surface area contributed by atoms with Crippen LogP contribution in [0.3, 0.4) is 0 Å². The van der Waals surface area contributed by atoms with Crippen molar-refractivity contribution in [2.24, 2.45) is 0 Å². The van der Waals surface area contributed by atoms with E-state index in [1.165, 1.54) is 51.8 Å². The van der Waals surface area contributed by atoms with Crippen LogP contribution in [0.1, 0.15) is 66.5 Å². The van der Waals surface area contributed by atoms with Gasteiger partial charge in [0.2, 0.25) is 0 Å². The zero-order valence-electron chi connectivity index (χ0n) is 22.2. The Morgan fingerprint density at radius 3 is 2.56 bits per heavy atom. The molecule has 0 amide bonds. The minimum absolute atomic E-state index is 0.472. The molecule has 0 bridgehead atoms. The fourth-order valence-electron chi connectivity index (χ4n) is 5.00. The molecule has 0 N–H and O–H groups in total. The van der Waals surface area contributed by atoms with Crippen molar-refractivity contribution in [3.63, 3.8) is 0 Å². The Morgan fingerprint density at radius 2 is 1.75 bits per heavy atom. The topological polar surface area (TPSA) is 16.1 Å². The third kappa shape index (κ3) is 7.38. The molecule has 0 saturated heterocycles. The fourth-order valence-corrected chi connectivity index (χ4v) is 5.00. The second-order valence-corrected chi connectivity index (χ2v) is 10.5. The highest BCUT2D eigenvalue weighted by molar-refractivity contribution is 5.74. The van der Waals surface area contributed by atoms with Crippen LogP contribution >= 0.6 is 0 Å². The summed E-state index contributed by atoms with van der Waals surface area (Å²) in [6.45, 7) is 7.88. The van der Waals surface area contributed by atoms with E-state index in [-0.39, 0.29) is 0 Å². The van der Waals surface area contributed by atoms with Gasteiger partial charge in [0.05, 0.1) is 0 Å². The number of hydrogen-bond donors (Lipinski definition) is 0. The summed E-state index contributed by atoms with van der Waals surface area (Å²) in [5.41, 5.74) is 10.5. The van der Waals surface area contributed by atoms with Crippen molar-refractivity contribution in [3.05, 3.63) is 131 Å². The Labute approximate surface area is 218 Å². The molecule has 2 aromatic carbocycles. The van der Waals surface area contributed by atoms with Gasteiger partial charge in [0.1, 0.15) is 0 Å². The number of pyridine rings is 1.